The molecule has 0 radical (unpaired) electrons. The fraction of sp³-hybridized carbons (Fsp3) is 0.400. The van der Waals surface area contributed by atoms with Crippen LogP contribution in [-0.4, -0.2) is 49.0 Å². The van der Waals surface area contributed by atoms with Crippen LogP contribution >= 0.6 is 0 Å². The van der Waals surface area contributed by atoms with Crippen molar-refractivity contribution in [2.45, 2.75) is 18.9 Å². The molecule has 1 aliphatic rings. The molecule has 1 aliphatic heterocycles. The number of likely N-dealkylation sites (tertiary alicyclic amines) is 1. The molecular formula is C15H19N3O4. The van der Waals surface area contributed by atoms with Crippen molar-refractivity contribution in [3.63, 3.8) is 0 Å². The van der Waals surface area contributed by atoms with Gasteiger partial charge in [-0.15, -0.1) is 0 Å². The third-order valence-electron chi connectivity index (χ3n) is 3.43. The number of carbonyl (C=O) groups excluding carboxylic acids is 3. The van der Waals surface area contributed by atoms with Crippen molar-refractivity contribution in [2.24, 2.45) is 0 Å². The van der Waals surface area contributed by atoms with E-state index < -0.39 is 17.9 Å². The van der Waals surface area contributed by atoms with Crippen molar-refractivity contribution >= 4 is 23.6 Å². The second-order valence-electron chi connectivity index (χ2n) is 5.05. The summed E-state index contributed by atoms with van der Waals surface area (Å²) < 4.78 is 4.66. The largest absolute Gasteiger partial charge is 0.453 e. The molecule has 0 unspecified atom stereocenters. The van der Waals surface area contributed by atoms with E-state index in [1.807, 2.05) is 6.07 Å². The van der Waals surface area contributed by atoms with Crippen LogP contribution in [0.25, 0.3) is 0 Å². The number of anilines is 1. The van der Waals surface area contributed by atoms with Crippen LogP contribution in [0.5, 0.6) is 0 Å². The second kappa shape index (κ2) is 7.44. The lowest BCUT2D eigenvalue weighted by Crippen LogP contribution is -2.51. The number of para-hydroxylation sites is 1. The lowest BCUT2D eigenvalue weighted by atomic mass is 10.1. The van der Waals surface area contributed by atoms with Gasteiger partial charge in [0.05, 0.1) is 7.11 Å². The van der Waals surface area contributed by atoms with Crippen molar-refractivity contribution in [1.29, 1.82) is 0 Å². The minimum atomic E-state index is -0.721. The number of carbonyl (C=O) groups is 3. The van der Waals surface area contributed by atoms with Crippen LogP contribution in [0.2, 0.25) is 0 Å². The number of nitrogens with one attached hydrogen (secondary N) is 2. The van der Waals surface area contributed by atoms with E-state index in [9.17, 15) is 14.4 Å². The number of hydrogen-bond acceptors (Lipinski definition) is 4. The topological polar surface area (TPSA) is 87.7 Å². The first-order valence-corrected chi connectivity index (χ1v) is 7.10. The number of rotatable bonds is 2. The van der Waals surface area contributed by atoms with Gasteiger partial charge in [0, 0.05) is 24.8 Å². The molecule has 1 aromatic rings. The Hall–Kier alpha value is -2.57. The van der Waals surface area contributed by atoms with Crippen molar-refractivity contribution in [1.82, 2.24) is 10.2 Å². The van der Waals surface area contributed by atoms with Crippen molar-refractivity contribution in [3.8, 4) is 0 Å². The third-order valence-corrected chi connectivity index (χ3v) is 3.43. The van der Waals surface area contributed by atoms with Gasteiger partial charge in [-0.25, -0.2) is 4.79 Å². The van der Waals surface area contributed by atoms with Crippen LogP contribution in [-0.2, 0) is 14.3 Å². The molecule has 7 heteroatoms. The SMILES string of the molecule is COC(=O)N1CCC[C@@H](NC(=O)C(=O)Nc2ccccc2)C1. The number of hydrogen-bond donors (Lipinski definition) is 2. The molecule has 0 aromatic heterocycles. The van der Waals surface area contributed by atoms with Gasteiger partial charge < -0.3 is 20.3 Å². The first-order chi connectivity index (χ1) is 10.6. The Morgan fingerprint density at radius 2 is 1.91 bits per heavy atom. The van der Waals surface area contributed by atoms with E-state index in [-0.39, 0.29) is 6.04 Å². The van der Waals surface area contributed by atoms with E-state index in [1.165, 1.54) is 12.0 Å². The molecule has 22 heavy (non-hydrogen) atoms. The summed E-state index contributed by atoms with van der Waals surface area (Å²) in [7, 11) is 1.32. The van der Waals surface area contributed by atoms with E-state index in [2.05, 4.69) is 15.4 Å². The Morgan fingerprint density at radius 1 is 1.18 bits per heavy atom. The van der Waals surface area contributed by atoms with E-state index in [1.54, 1.807) is 24.3 Å². The zero-order valence-corrected chi connectivity index (χ0v) is 12.4. The Bertz CT molecular complexity index is 547. The molecule has 1 fully saturated rings. The van der Waals surface area contributed by atoms with Crippen LogP contribution < -0.4 is 10.6 Å². The highest BCUT2D eigenvalue weighted by molar-refractivity contribution is 6.39. The maximum absolute atomic E-state index is 11.9. The van der Waals surface area contributed by atoms with Gasteiger partial charge in [-0.3, -0.25) is 9.59 Å². The number of nitrogens with zero attached hydrogens (tertiary/aromatic N) is 1. The average molecular weight is 305 g/mol. The predicted octanol–water partition coefficient (Wildman–Crippen LogP) is 0.972. The highest BCUT2D eigenvalue weighted by atomic mass is 16.5. The van der Waals surface area contributed by atoms with Gasteiger partial charge in [0.2, 0.25) is 0 Å². The number of benzene rings is 1. The molecule has 7 nitrogen and oxygen atoms in total. The fourth-order valence-corrected chi connectivity index (χ4v) is 2.35. The van der Waals surface area contributed by atoms with Gasteiger partial charge in [0.25, 0.3) is 0 Å². The average Bonchev–Trinajstić information content (AvgIpc) is 2.55. The zero-order chi connectivity index (χ0) is 15.9. The molecule has 1 saturated heterocycles. The van der Waals surface area contributed by atoms with Crippen LogP contribution in [0.3, 0.4) is 0 Å². The minimum Gasteiger partial charge on any atom is -0.453 e. The zero-order valence-electron chi connectivity index (χ0n) is 12.4. The molecule has 2 rings (SSSR count). The number of ether oxygens (including phenoxy) is 1. The fourth-order valence-electron chi connectivity index (χ4n) is 2.35. The maximum Gasteiger partial charge on any atom is 0.409 e. The van der Waals surface area contributed by atoms with Gasteiger partial charge in [-0.1, -0.05) is 18.2 Å². The summed E-state index contributed by atoms with van der Waals surface area (Å²) in [5.41, 5.74) is 0.558. The maximum atomic E-state index is 11.9. The number of amides is 3. The summed E-state index contributed by atoms with van der Waals surface area (Å²) in [6.07, 6.45) is 1.05. The minimum absolute atomic E-state index is 0.248. The van der Waals surface area contributed by atoms with Gasteiger partial charge >= 0.3 is 17.9 Å². The van der Waals surface area contributed by atoms with E-state index >= 15 is 0 Å². The molecule has 1 atom stereocenters. The standard InChI is InChI=1S/C15H19N3O4/c1-22-15(21)18-9-5-8-12(10-18)17-14(20)13(19)16-11-6-3-2-4-7-11/h2-4,6-7,12H,5,8-10H2,1H3,(H,16,19)(H,17,20)/t12-/m1/s1. The highest BCUT2D eigenvalue weighted by Crippen LogP contribution is 2.11. The highest BCUT2D eigenvalue weighted by Gasteiger charge is 2.26. The lowest BCUT2D eigenvalue weighted by Gasteiger charge is -2.31. The molecule has 3 amide bonds. The smallest absolute Gasteiger partial charge is 0.409 e. The summed E-state index contributed by atoms with van der Waals surface area (Å²) in [5, 5.41) is 5.17. The summed E-state index contributed by atoms with van der Waals surface area (Å²) >= 11 is 0. The Labute approximate surface area is 128 Å². The van der Waals surface area contributed by atoms with Crippen molar-refractivity contribution < 1.29 is 19.1 Å². The van der Waals surface area contributed by atoms with E-state index in [0.29, 0.717) is 18.8 Å². The Balaban J connectivity index is 1.85. The molecule has 0 saturated carbocycles. The van der Waals surface area contributed by atoms with Crippen LogP contribution in [0.1, 0.15) is 12.8 Å². The molecule has 0 aliphatic carbocycles. The van der Waals surface area contributed by atoms with Gasteiger partial charge in [0.15, 0.2) is 0 Å². The number of methoxy groups -OCH3 is 1. The molecule has 118 valence electrons. The summed E-state index contributed by atoms with van der Waals surface area (Å²) in [4.78, 5) is 36.7. The summed E-state index contributed by atoms with van der Waals surface area (Å²) in [6.45, 7) is 0.937. The van der Waals surface area contributed by atoms with E-state index in [0.717, 1.165) is 12.8 Å². The molecule has 2 N–H and O–H groups in total. The molecule has 0 spiro atoms. The first kappa shape index (κ1) is 15.8. The second-order valence-corrected chi connectivity index (χ2v) is 5.05. The van der Waals surface area contributed by atoms with Crippen LogP contribution in [0.15, 0.2) is 30.3 Å². The third kappa shape index (κ3) is 4.21. The monoisotopic (exact) mass is 305 g/mol. The quantitative estimate of drug-likeness (QED) is 0.797. The lowest BCUT2D eigenvalue weighted by molar-refractivity contribution is -0.136. The Kier molecular flexibility index (Phi) is 5.35. The number of piperidine rings is 1. The summed E-state index contributed by atoms with van der Waals surface area (Å²) in [5.74, 6) is -1.43. The molecule has 1 aromatic carbocycles. The molecule has 1 heterocycles. The van der Waals surface area contributed by atoms with Gasteiger partial charge in [0.1, 0.15) is 0 Å². The van der Waals surface area contributed by atoms with Gasteiger partial charge in [-0.05, 0) is 25.0 Å². The Morgan fingerprint density at radius 3 is 2.59 bits per heavy atom. The van der Waals surface area contributed by atoms with Crippen LogP contribution in [0.4, 0.5) is 10.5 Å². The van der Waals surface area contributed by atoms with Crippen LogP contribution in [0, 0.1) is 0 Å². The van der Waals surface area contributed by atoms with Crippen molar-refractivity contribution in [3.05, 3.63) is 30.3 Å². The van der Waals surface area contributed by atoms with Crippen molar-refractivity contribution in [2.75, 3.05) is 25.5 Å². The molecular weight excluding hydrogens is 286 g/mol. The first-order valence-electron chi connectivity index (χ1n) is 7.10. The molecule has 0 bridgehead atoms. The van der Waals surface area contributed by atoms with E-state index in [4.69, 9.17) is 0 Å². The predicted molar refractivity (Wildman–Crippen MR) is 80.2 cm³/mol. The summed E-state index contributed by atoms with van der Waals surface area (Å²) in [6, 6.07) is 8.50. The van der Waals surface area contributed by atoms with Gasteiger partial charge in [-0.2, -0.15) is 0 Å². The normalized spacial score (nSPS) is 17.5.